The summed E-state index contributed by atoms with van der Waals surface area (Å²) in [5, 5.41) is 8.18. The normalized spacial score (nSPS) is 10.8. The predicted molar refractivity (Wildman–Crippen MR) is 72.9 cm³/mol. The van der Waals surface area contributed by atoms with Crippen molar-refractivity contribution in [2.45, 2.75) is 20.3 Å². The largest absolute Gasteiger partial charge is 0.271 e. The van der Waals surface area contributed by atoms with Gasteiger partial charge in [0, 0.05) is 11.4 Å². The fraction of sp³-hybridized carbons (Fsp3) is 0.273. The van der Waals surface area contributed by atoms with E-state index in [-0.39, 0.29) is 0 Å². The van der Waals surface area contributed by atoms with Crippen molar-refractivity contribution in [2.75, 3.05) is 0 Å². The van der Waals surface area contributed by atoms with Gasteiger partial charge in [-0.15, -0.1) is 0 Å². The zero-order chi connectivity index (χ0) is 12.6. The number of aromatic nitrogens is 3. The Morgan fingerprint density at radius 2 is 2.06 bits per heavy atom. The van der Waals surface area contributed by atoms with Crippen LogP contribution >= 0.6 is 35.4 Å². The number of H-pyrrole nitrogens is 1. The maximum atomic E-state index is 6.23. The van der Waals surface area contributed by atoms with Gasteiger partial charge in [-0.05, 0) is 36.8 Å². The molecule has 6 heteroatoms. The third kappa shape index (κ3) is 2.25. The second-order valence-corrected chi connectivity index (χ2v) is 4.89. The van der Waals surface area contributed by atoms with Crippen LogP contribution in [-0.2, 0) is 6.42 Å². The minimum absolute atomic E-state index is 0.517. The summed E-state index contributed by atoms with van der Waals surface area (Å²) in [7, 11) is 0. The standard InChI is InChI=1S/C11H11Cl2N3S/c1-3-10-14-15-11(17)16(10)9-5-7(12)6(2)4-8(9)13/h4-5H,3H2,1-2H3,(H,15,17). The third-order valence-electron chi connectivity index (χ3n) is 2.53. The molecule has 0 radical (unpaired) electrons. The third-order valence-corrected chi connectivity index (χ3v) is 3.51. The van der Waals surface area contributed by atoms with Gasteiger partial charge in [0.1, 0.15) is 5.82 Å². The van der Waals surface area contributed by atoms with Gasteiger partial charge in [-0.2, -0.15) is 5.10 Å². The van der Waals surface area contributed by atoms with Crippen LogP contribution in [0, 0.1) is 11.7 Å². The Hall–Kier alpha value is -0.840. The maximum Gasteiger partial charge on any atom is 0.199 e. The number of aryl methyl sites for hydroxylation is 2. The van der Waals surface area contributed by atoms with Crippen LogP contribution in [0.3, 0.4) is 0 Å². The Bertz CT molecular complexity index is 616. The molecule has 1 aromatic carbocycles. The molecule has 1 heterocycles. The van der Waals surface area contributed by atoms with E-state index in [4.69, 9.17) is 35.4 Å². The molecule has 0 aliphatic heterocycles. The Morgan fingerprint density at radius 1 is 1.35 bits per heavy atom. The lowest BCUT2D eigenvalue weighted by Gasteiger charge is -2.09. The van der Waals surface area contributed by atoms with Crippen molar-refractivity contribution in [2.24, 2.45) is 0 Å². The molecular formula is C11H11Cl2N3S. The SMILES string of the molecule is CCc1n[nH]c(=S)n1-c1cc(Cl)c(C)cc1Cl. The van der Waals surface area contributed by atoms with Gasteiger partial charge in [0.2, 0.25) is 0 Å². The molecule has 1 aromatic heterocycles. The van der Waals surface area contributed by atoms with Gasteiger partial charge in [0.05, 0.1) is 10.7 Å². The molecule has 0 spiro atoms. The first kappa shape index (κ1) is 12.6. The van der Waals surface area contributed by atoms with Gasteiger partial charge in [-0.1, -0.05) is 30.1 Å². The predicted octanol–water partition coefficient (Wildman–Crippen LogP) is 4.11. The molecule has 0 aliphatic carbocycles. The second kappa shape index (κ2) is 4.80. The molecule has 0 unspecified atom stereocenters. The summed E-state index contributed by atoms with van der Waals surface area (Å²) in [5.74, 6) is 0.830. The van der Waals surface area contributed by atoms with Crippen molar-refractivity contribution in [1.29, 1.82) is 0 Å². The number of rotatable bonds is 2. The van der Waals surface area contributed by atoms with Crippen LogP contribution in [0.1, 0.15) is 18.3 Å². The van der Waals surface area contributed by atoms with Gasteiger partial charge in [0.15, 0.2) is 4.77 Å². The molecule has 2 rings (SSSR count). The van der Waals surface area contributed by atoms with Crippen molar-refractivity contribution < 1.29 is 0 Å². The lowest BCUT2D eigenvalue weighted by atomic mass is 10.2. The second-order valence-electron chi connectivity index (χ2n) is 3.69. The molecule has 0 saturated heterocycles. The lowest BCUT2D eigenvalue weighted by Crippen LogP contribution is -2.01. The van der Waals surface area contributed by atoms with E-state index >= 15 is 0 Å². The summed E-state index contributed by atoms with van der Waals surface area (Å²) in [6.07, 6.45) is 0.759. The Labute approximate surface area is 114 Å². The highest BCUT2D eigenvalue weighted by atomic mass is 35.5. The number of hydrogen-bond donors (Lipinski definition) is 1. The van der Waals surface area contributed by atoms with E-state index in [1.165, 1.54) is 0 Å². The summed E-state index contributed by atoms with van der Waals surface area (Å²) in [5.41, 5.74) is 1.70. The van der Waals surface area contributed by atoms with Gasteiger partial charge in [0.25, 0.3) is 0 Å². The van der Waals surface area contributed by atoms with Gasteiger partial charge < -0.3 is 0 Å². The minimum atomic E-state index is 0.517. The Balaban J connectivity index is 2.72. The fourth-order valence-electron chi connectivity index (χ4n) is 1.62. The first-order valence-electron chi connectivity index (χ1n) is 5.17. The number of nitrogens with one attached hydrogen (secondary N) is 1. The van der Waals surface area contributed by atoms with E-state index in [2.05, 4.69) is 10.2 Å². The van der Waals surface area contributed by atoms with Crippen LogP contribution in [0.5, 0.6) is 0 Å². The monoisotopic (exact) mass is 287 g/mol. The molecule has 0 bridgehead atoms. The zero-order valence-corrected chi connectivity index (χ0v) is 11.7. The van der Waals surface area contributed by atoms with Crippen LogP contribution in [0.2, 0.25) is 10.0 Å². The first-order valence-corrected chi connectivity index (χ1v) is 6.33. The van der Waals surface area contributed by atoms with E-state index in [0.717, 1.165) is 23.5 Å². The number of nitrogens with zero attached hydrogens (tertiary/aromatic N) is 2. The van der Waals surface area contributed by atoms with Crippen molar-refractivity contribution >= 4 is 35.4 Å². The van der Waals surface area contributed by atoms with Crippen LogP contribution in [0.15, 0.2) is 12.1 Å². The molecule has 0 amide bonds. The molecule has 0 aliphatic rings. The van der Waals surface area contributed by atoms with Crippen molar-refractivity contribution in [3.63, 3.8) is 0 Å². The van der Waals surface area contributed by atoms with E-state index in [1.54, 1.807) is 0 Å². The summed E-state index contributed by atoms with van der Waals surface area (Å²) < 4.78 is 2.33. The lowest BCUT2D eigenvalue weighted by molar-refractivity contribution is 0.880. The highest BCUT2D eigenvalue weighted by Crippen LogP contribution is 2.28. The highest BCUT2D eigenvalue weighted by molar-refractivity contribution is 7.71. The summed E-state index contributed by atoms with van der Waals surface area (Å²) in [6.45, 7) is 3.92. The summed E-state index contributed by atoms with van der Waals surface area (Å²) >= 11 is 17.5. The van der Waals surface area contributed by atoms with Gasteiger partial charge in [-0.25, -0.2) is 0 Å². The molecule has 90 valence electrons. The zero-order valence-electron chi connectivity index (χ0n) is 9.42. The average Bonchev–Trinajstić information content (AvgIpc) is 2.65. The smallest absolute Gasteiger partial charge is 0.199 e. The first-order chi connectivity index (χ1) is 8.04. The molecule has 1 N–H and O–H groups in total. The topological polar surface area (TPSA) is 33.6 Å². The molecule has 2 aromatic rings. The maximum absolute atomic E-state index is 6.23. The van der Waals surface area contributed by atoms with E-state index < -0.39 is 0 Å². The molecule has 17 heavy (non-hydrogen) atoms. The van der Waals surface area contributed by atoms with Crippen LogP contribution < -0.4 is 0 Å². The van der Waals surface area contributed by atoms with Crippen molar-refractivity contribution in [3.8, 4) is 5.69 Å². The molecule has 0 fully saturated rings. The van der Waals surface area contributed by atoms with E-state index in [1.807, 2.05) is 30.5 Å². The molecule has 3 nitrogen and oxygen atoms in total. The molecule has 0 atom stereocenters. The Morgan fingerprint density at radius 3 is 2.71 bits per heavy atom. The highest BCUT2D eigenvalue weighted by Gasteiger charge is 2.11. The van der Waals surface area contributed by atoms with Crippen molar-refractivity contribution in [3.05, 3.63) is 38.3 Å². The average molecular weight is 288 g/mol. The number of halogens is 2. The minimum Gasteiger partial charge on any atom is -0.271 e. The molecule has 0 saturated carbocycles. The Kier molecular flexibility index (Phi) is 3.56. The van der Waals surface area contributed by atoms with E-state index in [9.17, 15) is 0 Å². The van der Waals surface area contributed by atoms with Crippen LogP contribution in [-0.4, -0.2) is 14.8 Å². The summed E-state index contributed by atoms with van der Waals surface area (Å²) in [4.78, 5) is 0. The number of aromatic amines is 1. The van der Waals surface area contributed by atoms with E-state index in [0.29, 0.717) is 14.8 Å². The van der Waals surface area contributed by atoms with Crippen LogP contribution in [0.25, 0.3) is 5.69 Å². The van der Waals surface area contributed by atoms with Crippen molar-refractivity contribution in [1.82, 2.24) is 14.8 Å². The fourth-order valence-corrected chi connectivity index (χ4v) is 2.33. The van der Waals surface area contributed by atoms with Gasteiger partial charge in [-0.3, -0.25) is 9.67 Å². The summed E-state index contributed by atoms with van der Waals surface area (Å²) in [6, 6.07) is 3.64. The quantitative estimate of drug-likeness (QED) is 0.844. The molecular weight excluding hydrogens is 277 g/mol. The van der Waals surface area contributed by atoms with Gasteiger partial charge >= 0.3 is 0 Å². The number of hydrogen-bond acceptors (Lipinski definition) is 2. The van der Waals surface area contributed by atoms with Crippen LogP contribution in [0.4, 0.5) is 0 Å². The number of benzene rings is 1.